The van der Waals surface area contributed by atoms with Crippen LogP contribution >= 0.6 is 11.1 Å². The lowest BCUT2D eigenvalue weighted by Gasteiger charge is -2.02. The second-order valence-corrected chi connectivity index (χ2v) is 3.80. The molecule has 0 bridgehead atoms. The van der Waals surface area contributed by atoms with E-state index in [1.165, 1.54) is 17.2 Å². The third-order valence-electron chi connectivity index (χ3n) is 1.64. The molecule has 0 spiro atoms. The Morgan fingerprint density at radius 2 is 2.09 bits per heavy atom. The van der Waals surface area contributed by atoms with Crippen LogP contribution < -0.4 is 5.19 Å². The Kier molecular flexibility index (Phi) is 3.67. The molecule has 0 nitrogen and oxygen atoms in total. The fourth-order valence-corrected chi connectivity index (χ4v) is 2.14. The van der Waals surface area contributed by atoms with E-state index in [0.29, 0.717) is 8.83 Å². The van der Waals surface area contributed by atoms with Gasteiger partial charge in [0.25, 0.3) is 0 Å². The summed E-state index contributed by atoms with van der Waals surface area (Å²) in [4.78, 5) is 0. The summed E-state index contributed by atoms with van der Waals surface area (Å²) in [5, 5.41) is 1.30. The minimum absolute atomic E-state index is 0.411. The second kappa shape index (κ2) is 4.57. The first kappa shape index (κ1) is 8.82. The highest BCUT2D eigenvalue weighted by Crippen LogP contribution is 1.99. The van der Waals surface area contributed by atoms with Gasteiger partial charge < -0.3 is 0 Å². The summed E-state index contributed by atoms with van der Waals surface area (Å²) in [7, 11) is 0.411. The minimum Gasteiger partial charge on any atom is -0.165 e. The fourth-order valence-electron chi connectivity index (χ4n) is 1.10. The van der Waals surface area contributed by atoms with Gasteiger partial charge in [-0.2, -0.15) is 11.1 Å². The van der Waals surface area contributed by atoms with Crippen LogP contribution in [0, 0.1) is 0 Å². The van der Waals surface area contributed by atoms with Crippen molar-refractivity contribution in [3.05, 3.63) is 29.8 Å². The van der Waals surface area contributed by atoms with Gasteiger partial charge in [-0.05, 0) is 17.2 Å². The Hall–Kier alpha value is -0.273. The van der Waals surface area contributed by atoms with E-state index in [1.807, 2.05) is 6.07 Å². The molecule has 0 aliphatic carbocycles. The summed E-state index contributed by atoms with van der Waals surface area (Å²) in [6, 6.07) is 8.39. The van der Waals surface area contributed by atoms with E-state index < -0.39 is 0 Å². The monoisotopic (exact) mass is 182 g/mol. The van der Waals surface area contributed by atoms with Crippen LogP contribution in [-0.4, -0.2) is 8.83 Å². The molecule has 0 amide bonds. The third-order valence-corrected chi connectivity index (χ3v) is 2.94. The Morgan fingerprint density at radius 3 is 2.73 bits per heavy atom. The van der Waals surface area contributed by atoms with Gasteiger partial charge in [-0.25, -0.2) is 0 Å². The Morgan fingerprint density at radius 1 is 1.36 bits per heavy atom. The number of rotatable bonds is 3. The summed E-state index contributed by atoms with van der Waals surface area (Å²) in [5.41, 5.74) is 1.41. The molecule has 1 rings (SSSR count). The lowest BCUT2D eigenvalue weighted by molar-refractivity contribution is 0.927. The quantitative estimate of drug-likeness (QED) is 0.497. The van der Waals surface area contributed by atoms with Gasteiger partial charge in [0.2, 0.25) is 8.83 Å². The van der Waals surface area contributed by atoms with E-state index in [4.69, 9.17) is 11.1 Å². The molecule has 0 fully saturated rings. The van der Waals surface area contributed by atoms with Crippen LogP contribution in [0.25, 0.3) is 0 Å². The number of benzene rings is 1. The zero-order valence-corrected chi connectivity index (χ0v) is 8.36. The highest BCUT2D eigenvalue weighted by molar-refractivity contribution is 7.01. The molecule has 2 heteroatoms. The van der Waals surface area contributed by atoms with Crippen molar-refractivity contribution in [2.45, 2.75) is 19.8 Å². The maximum Gasteiger partial charge on any atom is 0.210 e. The number of aryl methyl sites for hydroxylation is 1. The van der Waals surface area contributed by atoms with Crippen molar-refractivity contribution in [2.75, 3.05) is 0 Å². The third kappa shape index (κ3) is 2.35. The first-order chi connectivity index (χ1) is 5.38. The van der Waals surface area contributed by atoms with Crippen LogP contribution in [-0.2, 0) is 6.42 Å². The summed E-state index contributed by atoms with van der Waals surface area (Å²) in [6.45, 7) is 2.19. The lowest BCUT2D eigenvalue weighted by atomic mass is 10.1. The van der Waals surface area contributed by atoms with Gasteiger partial charge in [0.1, 0.15) is 0 Å². The topological polar surface area (TPSA) is 0 Å². The Bertz CT molecular complexity index is 223. The number of halogens is 1. The fraction of sp³-hybridized carbons (Fsp3) is 0.333. The molecule has 0 unspecified atom stereocenters. The molecule has 2 radical (unpaired) electrons. The molecule has 0 saturated carbocycles. The first-order valence-corrected chi connectivity index (χ1v) is 5.84. The maximum atomic E-state index is 5.80. The van der Waals surface area contributed by atoms with Crippen molar-refractivity contribution < 1.29 is 0 Å². The largest absolute Gasteiger partial charge is 0.210 e. The summed E-state index contributed by atoms with van der Waals surface area (Å²) < 4.78 is 0. The molecule has 11 heavy (non-hydrogen) atoms. The molecule has 1 aromatic carbocycles. The van der Waals surface area contributed by atoms with Crippen LogP contribution in [0.2, 0.25) is 0 Å². The Labute approximate surface area is 75.1 Å². The molecular formula is C9H11ClSi. The van der Waals surface area contributed by atoms with Crippen molar-refractivity contribution in [3.8, 4) is 0 Å². The smallest absolute Gasteiger partial charge is 0.165 e. The van der Waals surface area contributed by atoms with Crippen LogP contribution in [0.1, 0.15) is 18.9 Å². The van der Waals surface area contributed by atoms with E-state index >= 15 is 0 Å². The van der Waals surface area contributed by atoms with Crippen molar-refractivity contribution in [3.63, 3.8) is 0 Å². The van der Waals surface area contributed by atoms with Crippen LogP contribution in [0.3, 0.4) is 0 Å². The van der Waals surface area contributed by atoms with Gasteiger partial charge in [-0.1, -0.05) is 37.6 Å². The molecule has 0 atom stereocenters. The molecular weight excluding hydrogens is 172 g/mol. The summed E-state index contributed by atoms with van der Waals surface area (Å²) in [6.07, 6.45) is 2.34. The van der Waals surface area contributed by atoms with Gasteiger partial charge >= 0.3 is 0 Å². The van der Waals surface area contributed by atoms with Crippen molar-refractivity contribution in [2.24, 2.45) is 0 Å². The molecule has 0 heterocycles. The van der Waals surface area contributed by atoms with Crippen LogP contribution in [0.4, 0.5) is 0 Å². The van der Waals surface area contributed by atoms with Gasteiger partial charge in [0.15, 0.2) is 0 Å². The van der Waals surface area contributed by atoms with Crippen LogP contribution in [0.15, 0.2) is 24.3 Å². The first-order valence-electron chi connectivity index (χ1n) is 3.83. The van der Waals surface area contributed by atoms with Gasteiger partial charge in [-0.15, -0.1) is 0 Å². The summed E-state index contributed by atoms with van der Waals surface area (Å²) >= 11 is 5.80. The van der Waals surface area contributed by atoms with Crippen molar-refractivity contribution in [1.29, 1.82) is 0 Å². The minimum atomic E-state index is 0.411. The average molecular weight is 183 g/mol. The molecule has 0 saturated heterocycles. The normalized spacial score (nSPS) is 10.0. The maximum absolute atomic E-state index is 5.80. The molecule has 1 aromatic rings. The van der Waals surface area contributed by atoms with Gasteiger partial charge in [-0.3, -0.25) is 0 Å². The molecule has 58 valence electrons. The van der Waals surface area contributed by atoms with Crippen molar-refractivity contribution >= 4 is 25.1 Å². The van der Waals surface area contributed by atoms with Gasteiger partial charge in [0, 0.05) is 0 Å². The number of hydrogen-bond acceptors (Lipinski definition) is 0. The van der Waals surface area contributed by atoms with E-state index in [0.717, 1.165) is 6.42 Å². The molecule has 0 aliphatic rings. The summed E-state index contributed by atoms with van der Waals surface area (Å²) in [5.74, 6) is 0. The molecule has 0 N–H and O–H groups in total. The molecule has 0 aliphatic heterocycles. The zero-order chi connectivity index (χ0) is 8.10. The standard InChI is InChI=1S/C9H11ClSi/c1-2-5-8-6-3-4-7-9(8)11-10/h3-4,6-7H,2,5H2,1H3. The van der Waals surface area contributed by atoms with Crippen LogP contribution in [0.5, 0.6) is 0 Å². The van der Waals surface area contributed by atoms with Gasteiger partial charge in [0.05, 0.1) is 0 Å². The predicted octanol–water partition coefficient (Wildman–Crippen LogP) is 2.12. The lowest BCUT2D eigenvalue weighted by Crippen LogP contribution is -2.14. The van der Waals surface area contributed by atoms with E-state index in [9.17, 15) is 0 Å². The zero-order valence-electron chi connectivity index (χ0n) is 6.60. The molecule has 0 aromatic heterocycles. The van der Waals surface area contributed by atoms with Crippen molar-refractivity contribution in [1.82, 2.24) is 0 Å². The van der Waals surface area contributed by atoms with E-state index in [1.54, 1.807) is 0 Å². The predicted molar refractivity (Wildman–Crippen MR) is 51.7 cm³/mol. The SMILES string of the molecule is CCCc1ccccc1[Si]Cl. The second-order valence-electron chi connectivity index (χ2n) is 2.50. The Balaban J connectivity index is 2.83. The van der Waals surface area contributed by atoms with E-state index in [2.05, 4.69) is 25.1 Å². The van der Waals surface area contributed by atoms with E-state index in [-0.39, 0.29) is 0 Å². The highest BCUT2D eigenvalue weighted by atomic mass is 35.6. The highest BCUT2D eigenvalue weighted by Gasteiger charge is 1.98. The average Bonchev–Trinajstić information content (AvgIpc) is 2.06. The number of hydrogen-bond donors (Lipinski definition) is 0.